The van der Waals surface area contributed by atoms with Crippen molar-refractivity contribution >= 4 is 29.4 Å². The molecule has 0 nitrogen and oxygen atoms in total. The van der Waals surface area contributed by atoms with Crippen LogP contribution in [0.3, 0.4) is 0 Å². The van der Waals surface area contributed by atoms with Crippen LogP contribution in [0.4, 0.5) is 0 Å². The van der Waals surface area contributed by atoms with E-state index < -0.39 is 0 Å². The minimum atomic E-state index is 0.778. The number of benzene rings is 2. The summed E-state index contributed by atoms with van der Waals surface area (Å²) < 4.78 is 0. The molecule has 0 atom stereocenters. The van der Waals surface area contributed by atoms with E-state index >= 15 is 0 Å². The van der Waals surface area contributed by atoms with Crippen molar-refractivity contribution in [2.45, 2.75) is 32.6 Å². The summed E-state index contributed by atoms with van der Waals surface area (Å²) in [6.45, 7) is 8.19. The number of rotatable bonds is 3. The molecule has 0 N–H and O–H groups in total. The van der Waals surface area contributed by atoms with Gasteiger partial charge in [0.15, 0.2) is 0 Å². The van der Waals surface area contributed by atoms with Crippen molar-refractivity contribution < 1.29 is 0 Å². The molecule has 20 heavy (non-hydrogen) atoms. The number of halogens is 1. The van der Waals surface area contributed by atoms with Gasteiger partial charge in [-0.05, 0) is 60.7 Å². The third-order valence-corrected chi connectivity index (χ3v) is 3.77. The van der Waals surface area contributed by atoms with Crippen LogP contribution in [0, 0.1) is 13.8 Å². The quantitative estimate of drug-likeness (QED) is 0.565. The lowest BCUT2D eigenvalue weighted by Gasteiger charge is -2.01. The minimum absolute atomic E-state index is 0.778. The fourth-order valence-electron chi connectivity index (χ4n) is 1.59. The molecule has 0 fully saturated rings. The second-order valence-corrected chi connectivity index (χ2v) is 5.65. The normalized spacial score (nSPS) is 10.2. The van der Waals surface area contributed by atoms with Gasteiger partial charge in [-0.25, -0.2) is 0 Å². The van der Waals surface area contributed by atoms with E-state index in [0.717, 1.165) is 5.02 Å². The lowest BCUT2D eigenvalue weighted by molar-refractivity contribution is 1.38. The number of aryl methyl sites for hydroxylation is 2. The fourth-order valence-corrected chi connectivity index (χ4v) is 2.44. The molecule has 0 bridgehead atoms. The first-order valence-electron chi connectivity index (χ1n) is 6.81. The van der Waals surface area contributed by atoms with Gasteiger partial charge in [0, 0.05) is 9.92 Å². The SMILES string of the molecule is CC.Cc1ccc(S/C=C/c2cc(Cl)ccc2C)cc1. The van der Waals surface area contributed by atoms with Crippen LogP contribution in [0.15, 0.2) is 52.8 Å². The Labute approximate surface area is 131 Å². The maximum atomic E-state index is 5.99. The van der Waals surface area contributed by atoms with Crippen LogP contribution in [0.25, 0.3) is 6.08 Å². The minimum Gasteiger partial charge on any atom is -0.0981 e. The molecular weight excluding hydrogens is 284 g/mol. The maximum Gasteiger partial charge on any atom is 0.0412 e. The van der Waals surface area contributed by atoms with Crippen LogP contribution >= 0.6 is 23.4 Å². The third-order valence-electron chi connectivity index (χ3n) is 2.71. The highest BCUT2D eigenvalue weighted by Crippen LogP contribution is 2.22. The van der Waals surface area contributed by atoms with E-state index in [0.29, 0.717) is 0 Å². The average molecular weight is 305 g/mol. The first-order valence-corrected chi connectivity index (χ1v) is 8.07. The second-order valence-electron chi connectivity index (χ2n) is 4.23. The third kappa shape index (κ3) is 5.44. The van der Waals surface area contributed by atoms with Gasteiger partial charge in [0.1, 0.15) is 0 Å². The van der Waals surface area contributed by atoms with Crippen molar-refractivity contribution in [3.8, 4) is 0 Å². The van der Waals surface area contributed by atoms with Crippen LogP contribution in [0.1, 0.15) is 30.5 Å². The molecule has 0 aliphatic rings. The second kappa shape index (κ2) is 8.89. The first-order chi connectivity index (χ1) is 9.65. The topological polar surface area (TPSA) is 0 Å². The Bertz CT molecular complexity index is 556. The zero-order valence-corrected chi connectivity index (χ0v) is 14.1. The summed E-state index contributed by atoms with van der Waals surface area (Å²) in [5, 5.41) is 2.88. The summed E-state index contributed by atoms with van der Waals surface area (Å²) in [5.41, 5.74) is 3.69. The molecule has 0 aromatic heterocycles. The molecular formula is C18H21ClS. The molecule has 2 heteroatoms. The molecule has 0 aliphatic heterocycles. The van der Waals surface area contributed by atoms with Crippen molar-refractivity contribution in [1.82, 2.24) is 0 Å². The van der Waals surface area contributed by atoms with Crippen LogP contribution in [0.5, 0.6) is 0 Å². The van der Waals surface area contributed by atoms with Crippen molar-refractivity contribution in [2.75, 3.05) is 0 Å². The summed E-state index contributed by atoms with van der Waals surface area (Å²) >= 11 is 7.70. The summed E-state index contributed by atoms with van der Waals surface area (Å²) in [6.07, 6.45) is 2.10. The molecule has 2 rings (SSSR count). The van der Waals surface area contributed by atoms with Crippen LogP contribution in [-0.4, -0.2) is 0 Å². The van der Waals surface area contributed by atoms with Gasteiger partial charge in [0.25, 0.3) is 0 Å². The first kappa shape index (κ1) is 16.9. The number of hydrogen-bond donors (Lipinski definition) is 0. The molecule has 0 amide bonds. The molecule has 0 heterocycles. The molecule has 2 aromatic rings. The van der Waals surface area contributed by atoms with Crippen LogP contribution < -0.4 is 0 Å². The van der Waals surface area contributed by atoms with Crippen molar-refractivity contribution in [3.05, 3.63) is 69.6 Å². The number of thioether (sulfide) groups is 1. The summed E-state index contributed by atoms with van der Waals surface area (Å²) in [7, 11) is 0. The van der Waals surface area contributed by atoms with Gasteiger partial charge in [-0.2, -0.15) is 0 Å². The van der Waals surface area contributed by atoms with Gasteiger partial charge in [0.2, 0.25) is 0 Å². The van der Waals surface area contributed by atoms with E-state index in [1.54, 1.807) is 11.8 Å². The predicted molar refractivity (Wildman–Crippen MR) is 93.6 cm³/mol. The van der Waals surface area contributed by atoms with Crippen molar-refractivity contribution in [3.63, 3.8) is 0 Å². The highest BCUT2D eigenvalue weighted by molar-refractivity contribution is 8.02. The van der Waals surface area contributed by atoms with Crippen LogP contribution in [0.2, 0.25) is 5.02 Å². The van der Waals surface area contributed by atoms with E-state index in [1.165, 1.54) is 21.6 Å². The molecule has 2 aromatic carbocycles. The van der Waals surface area contributed by atoms with Crippen molar-refractivity contribution in [2.24, 2.45) is 0 Å². The lowest BCUT2D eigenvalue weighted by atomic mass is 10.1. The molecule has 0 saturated carbocycles. The van der Waals surface area contributed by atoms with Gasteiger partial charge in [0.05, 0.1) is 0 Å². The van der Waals surface area contributed by atoms with E-state index in [2.05, 4.69) is 49.6 Å². The van der Waals surface area contributed by atoms with Gasteiger partial charge in [-0.15, -0.1) is 0 Å². The Balaban J connectivity index is 0.000000956. The fraction of sp³-hybridized carbons (Fsp3) is 0.222. The van der Waals surface area contributed by atoms with Gasteiger partial charge < -0.3 is 0 Å². The van der Waals surface area contributed by atoms with Gasteiger partial charge in [-0.1, -0.05) is 61.0 Å². The Kier molecular flexibility index (Phi) is 7.50. The highest BCUT2D eigenvalue weighted by atomic mass is 35.5. The van der Waals surface area contributed by atoms with Gasteiger partial charge >= 0.3 is 0 Å². The summed E-state index contributed by atoms with van der Waals surface area (Å²) in [6, 6.07) is 14.5. The Morgan fingerprint density at radius 1 is 0.950 bits per heavy atom. The molecule has 0 radical (unpaired) electrons. The van der Waals surface area contributed by atoms with Crippen molar-refractivity contribution in [1.29, 1.82) is 0 Å². The van der Waals surface area contributed by atoms with Crippen LogP contribution in [-0.2, 0) is 0 Å². The average Bonchev–Trinajstić information content (AvgIpc) is 2.47. The summed E-state index contributed by atoms with van der Waals surface area (Å²) in [4.78, 5) is 1.25. The van der Waals surface area contributed by atoms with Gasteiger partial charge in [-0.3, -0.25) is 0 Å². The predicted octanol–water partition coefficient (Wildman–Crippen LogP) is 6.75. The Hall–Kier alpha value is -1.18. The smallest absolute Gasteiger partial charge is 0.0412 e. The lowest BCUT2D eigenvalue weighted by Crippen LogP contribution is -1.79. The Morgan fingerprint density at radius 2 is 1.60 bits per heavy atom. The molecule has 0 spiro atoms. The largest absolute Gasteiger partial charge is 0.0981 e. The number of hydrogen-bond acceptors (Lipinski definition) is 1. The molecule has 0 saturated heterocycles. The zero-order chi connectivity index (χ0) is 15.0. The van der Waals surface area contributed by atoms with E-state index in [9.17, 15) is 0 Å². The standard InChI is InChI=1S/C16H15ClS.C2H6/c1-12-3-7-16(8-4-12)18-10-9-14-11-15(17)6-5-13(14)2;1-2/h3-11H,1-2H3;1-2H3/b10-9+;. The van der Waals surface area contributed by atoms with E-state index in [-0.39, 0.29) is 0 Å². The Morgan fingerprint density at radius 3 is 2.25 bits per heavy atom. The highest BCUT2D eigenvalue weighted by Gasteiger charge is 1.95. The molecule has 0 unspecified atom stereocenters. The maximum absolute atomic E-state index is 5.99. The zero-order valence-electron chi connectivity index (χ0n) is 12.5. The monoisotopic (exact) mass is 304 g/mol. The molecule has 106 valence electrons. The van der Waals surface area contributed by atoms with E-state index in [1.807, 2.05) is 32.0 Å². The molecule has 0 aliphatic carbocycles. The van der Waals surface area contributed by atoms with E-state index in [4.69, 9.17) is 11.6 Å². The summed E-state index contributed by atoms with van der Waals surface area (Å²) in [5.74, 6) is 0.